The van der Waals surface area contributed by atoms with Gasteiger partial charge in [-0.05, 0) is 38.8 Å². The van der Waals surface area contributed by atoms with E-state index in [4.69, 9.17) is 4.74 Å². The minimum atomic E-state index is 0.174. The SMILES string of the molecule is CN1CCC1c1ccn(C2CCCCO2)n1. The molecule has 2 fully saturated rings. The summed E-state index contributed by atoms with van der Waals surface area (Å²) in [5, 5.41) is 4.66. The van der Waals surface area contributed by atoms with E-state index >= 15 is 0 Å². The van der Waals surface area contributed by atoms with Gasteiger partial charge in [-0.15, -0.1) is 0 Å². The van der Waals surface area contributed by atoms with E-state index < -0.39 is 0 Å². The average molecular weight is 221 g/mol. The molecule has 2 unspecified atom stereocenters. The highest BCUT2D eigenvalue weighted by molar-refractivity contribution is 5.09. The fraction of sp³-hybridized carbons (Fsp3) is 0.750. The maximum atomic E-state index is 5.72. The van der Waals surface area contributed by atoms with Gasteiger partial charge >= 0.3 is 0 Å². The third kappa shape index (κ3) is 1.76. The van der Waals surface area contributed by atoms with Gasteiger partial charge in [-0.1, -0.05) is 0 Å². The molecule has 2 aliphatic heterocycles. The molecule has 0 saturated carbocycles. The predicted molar refractivity (Wildman–Crippen MR) is 61.1 cm³/mol. The minimum absolute atomic E-state index is 0.174. The summed E-state index contributed by atoms with van der Waals surface area (Å²) in [5.41, 5.74) is 1.20. The van der Waals surface area contributed by atoms with Crippen LogP contribution in [0, 0.1) is 0 Å². The van der Waals surface area contributed by atoms with Crippen molar-refractivity contribution in [3.05, 3.63) is 18.0 Å². The minimum Gasteiger partial charge on any atom is -0.357 e. The molecule has 0 amide bonds. The van der Waals surface area contributed by atoms with Gasteiger partial charge in [-0.3, -0.25) is 4.90 Å². The summed E-state index contributed by atoms with van der Waals surface area (Å²) in [5.74, 6) is 0. The van der Waals surface area contributed by atoms with Gasteiger partial charge in [0.1, 0.15) is 6.23 Å². The van der Waals surface area contributed by atoms with Crippen LogP contribution in [0.1, 0.15) is 43.6 Å². The summed E-state index contributed by atoms with van der Waals surface area (Å²) >= 11 is 0. The Morgan fingerprint density at radius 1 is 1.38 bits per heavy atom. The Bertz CT molecular complexity index is 357. The normalized spacial score (nSPS) is 31.3. The molecule has 0 N–H and O–H groups in total. The molecule has 4 nitrogen and oxygen atoms in total. The van der Waals surface area contributed by atoms with Gasteiger partial charge in [0.2, 0.25) is 0 Å². The Labute approximate surface area is 96.2 Å². The zero-order chi connectivity index (χ0) is 11.0. The van der Waals surface area contributed by atoms with Crippen molar-refractivity contribution < 1.29 is 4.74 Å². The summed E-state index contributed by atoms with van der Waals surface area (Å²) in [7, 11) is 2.16. The zero-order valence-corrected chi connectivity index (χ0v) is 9.80. The molecule has 2 atom stereocenters. The molecule has 3 rings (SSSR count). The predicted octanol–water partition coefficient (Wildman–Crippen LogP) is 1.96. The molecule has 16 heavy (non-hydrogen) atoms. The molecule has 0 spiro atoms. The zero-order valence-electron chi connectivity index (χ0n) is 9.80. The van der Waals surface area contributed by atoms with Gasteiger partial charge < -0.3 is 4.74 Å². The van der Waals surface area contributed by atoms with E-state index in [1.165, 1.54) is 31.5 Å². The lowest BCUT2D eigenvalue weighted by molar-refractivity contribution is -0.0401. The molecule has 4 heteroatoms. The highest BCUT2D eigenvalue weighted by Gasteiger charge is 2.28. The van der Waals surface area contributed by atoms with Crippen molar-refractivity contribution in [1.29, 1.82) is 0 Å². The molecule has 0 aliphatic carbocycles. The second kappa shape index (κ2) is 4.18. The second-order valence-electron chi connectivity index (χ2n) is 4.83. The van der Waals surface area contributed by atoms with Crippen LogP contribution in [0.3, 0.4) is 0 Å². The molecule has 1 aromatic rings. The van der Waals surface area contributed by atoms with Crippen LogP contribution in [0.5, 0.6) is 0 Å². The van der Waals surface area contributed by atoms with Crippen LogP contribution in [0.2, 0.25) is 0 Å². The fourth-order valence-corrected chi connectivity index (χ4v) is 2.51. The molecule has 3 heterocycles. The number of rotatable bonds is 2. The number of nitrogens with zero attached hydrogens (tertiary/aromatic N) is 3. The third-order valence-electron chi connectivity index (χ3n) is 3.71. The lowest BCUT2D eigenvalue weighted by Gasteiger charge is -2.36. The van der Waals surface area contributed by atoms with Gasteiger partial charge in [0.25, 0.3) is 0 Å². The Kier molecular flexibility index (Phi) is 2.69. The van der Waals surface area contributed by atoms with Crippen LogP contribution in [0.25, 0.3) is 0 Å². The maximum Gasteiger partial charge on any atom is 0.150 e. The Hall–Kier alpha value is -0.870. The quantitative estimate of drug-likeness (QED) is 0.764. The van der Waals surface area contributed by atoms with Crippen LogP contribution in [0.4, 0.5) is 0 Å². The summed E-state index contributed by atoms with van der Waals surface area (Å²) in [6, 6.07) is 2.67. The number of ether oxygens (including phenoxy) is 1. The smallest absolute Gasteiger partial charge is 0.150 e. The number of likely N-dealkylation sites (tertiary alicyclic amines) is 1. The highest BCUT2D eigenvalue weighted by Crippen LogP contribution is 2.31. The van der Waals surface area contributed by atoms with Crippen molar-refractivity contribution >= 4 is 0 Å². The van der Waals surface area contributed by atoms with E-state index in [9.17, 15) is 0 Å². The molecule has 2 aliphatic rings. The van der Waals surface area contributed by atoms with Crippen LogP contribution >= 0.6 is 0 Å². The topological polar surface area (TPSA) is 30.3 Å². The molecule has 0 bridgehead atoms. The second-order valence-corrected chi connectivity index (χ2v) is 4.83. The third-order valence-corrected chi connectivity index (χ3v) is 3.71. The molecule has 0 radical (unpaired) electrons. The monoisotopic (exact) mass is 221 g/mol. The van der Waals surface area contributed by atoms with Crippen molar-refractivity contribution in [2.45, 2.75) is 38.0 Å². The first-order valence-corrected chi connectivity index (χ1v) is 6.21. The van der Waals surface area contributed by atoms with Gasteiger partial charge in [0.05, 0.1) is 11.7 Å². The van der Waals surface area contributed by atoms with Crippen molar-refractivity contribution in [2.24, 2.45) is 0 Å². The van der Waals surface area contributed by atoms with E-state index in [0.717, 1.165) is 13.0 Å². The Morgan fingerprint density at radius 3 is 2.94 bits per heavy atom. The molecule has 88 valence electrons. The van der Waals surface area contributed by atoms with Crippen LogP contribution < -0.4 is 0 Å². The van der Waals surface area contributed by atoms with Gasteiger partial charge in [-0.25, -0.2) is 4.68 Å². The lowest BCUT2D eigenvalue weighted by Crippen LogP contribution is -2.37. The summed E-state index contributed by atoms with van der Waals surface area (Å²) in [6.45, 7) is 2.07. The molecule has 0 aromatic carbocycles. The van der Waals surface area contributed by atoms with E-state index in [-0.39, 0.29) is 6.23 Å². The maximum absolute atomic E-state index is 5.72. The van der Waals surface area contributed by atoms with E-state index in [1.54, 1.807) is 0 Å². The first kappa shape index (κ1) is 10.3. The van der Waals surface area contributed by atoms with Gasteiger partial charge in [0.15, 0.2) is 0 Å². The summed E-state index contributed by atoms with van der Waals surface area (Å²) in [6.07, 6.45) is 7.02. The van der Waals surface area contributed by atoms with Crippen LogP contribution in [-0.2, 0) is 4.74 Å². The first-order chi connectivity index (χ1) is 7.84. The fourth-order valence-electron chi connectivity index (χ4n) is 2.51. The summed E-state index contributed by atoms with van der Waals surface area (Å²) < 4.78 is 7.72. The van der Waals surface area contributed by atoms with Gasteiger partial charge in [0, 0.05) is 19.3 Å². The summed E-state index contributed by atoms with van der Waals surface area (Å²) in [4.78, 5) is 2.34. The van der Waals surface area contributed by atoms with Crippen molar-refractivity contribution in [3.8, 4) is 0 Å². The van der Waals surface area contributed by atoms with E-state index in [1.807, 2.05) is 4.68 Å². The Balaban J connectivity index is 1.71. The van der Waals surface area contributed by atoms with Crippen molar-refractivity contribution in [3.63, 3.8) is 0 Å². The van der Waals surface area contributed by atoms with Crippen LogP contribution in [0.15, 0.2) is 12.3 Å². The molecule has 1 aromatic heterocycles. The van der Waals surface area contributed by atoms with E-state index in [0.29, 0.717) is 6.04 Å². The largest absolute Gasteiger partial charge is 0.357 e. The Morgan fingerprint density at radius 2 is 2.31 bits per heavy atom. The number of hydrogen-bond acceptors (Lipinski definition) is 3. The number of hydrogen-bond donors (Lipinski definition) is 0. The van der Waals surface area contributed by atoms with Crippen LogP contribution in [-0.4, -0.2) is 34.9 Å². The van der Waals surface area contributed by atoms with E-state index in [2.05, 4.69) is 29.3 Å². The molecular weight excluding hydrogens is 202 g/mol. The number of aromatic nitrogens is 2. The standard InChI is InChI=1S/C12H19N3O/c1-14-7-6-11(14)10-5-8-15(13-10)12-4-2-3-9-16-12/h5,8,11-12H,2-4,6-7,9H2,1H3. The lowest BCUT2D eigenvalue weighted by atomic mass is 10.0. The molecular formula is C12H19N3O. The first-order valence-electron chi connectivity index (χ1n) is 6.21. The van der Waals surface area contributed by atoms with Crippen molar-refractivity contribution in [1.82, 2.24) is 14.7 Å². The molecule has 2 saturated heterocycles. The van der Waals surface area contributed by atoms with Gasteiger partial charge in [-0.2, -0.15) is 5.10 Å². The average Bonchev–Trinajstić information content (AvgIpc) is 2.77. The van der Waals surface area contributed by atoms with Crippen molar-refractivity contribution in [2.75, 3.05) is 20.2 Å². The highest BCUT2D eigenvalue weighted by atomic mass is 16.5.